The van der Waals surface area contributed by atoms with Crippen LogP contribution in [0.2, 0.25) is 0 Å². The van der Waals surface area contributed by atoms with Gasteiger partial charge in [0, 0.05) is 25.5 Å². The van der Waals surface area contributed by atoms with Crippen LogP contribution in [0.25, 0.3) is 0 Å². The lowest BCUT2D eigenvalue weighted by Crippen LogP contribution is -2.36. The minimum Gasteiger partial charge on any atom is -0.379 e. The minimum atomic E-state index is 0.251. The van der Waals surface area contributed by atoms with Gasteiger partial charge in [0.1, 0.15) is 0 Å². The summed E-state index contributed by atoms with van der Waals surface area (Å²) in [6.45, 7) is 2.33. The van der Waals surface area contributed by atoms with Crippen LogP contribution in [-0.2, 0) is 9.53 Å². The molecule has 0 aromatic rings. The van der Waals surface area contributed by atoms with Gasteiger partial charge in [-0.3, -0.25) is 4.79 Å². The van der Waals surface area contributed by atoms with Gasteiger partial charge in [-0.2, -0.15) is 0 Å². The van der Waals surface area contributed by atoms with Gasteiger partial charge in [0.15, 0.2) is 0 Å². The summed E-state index contributed by atoms with van der Waals surface area (Å²) in [5.41, 5.74) is 0. The fourth-order valence-corrected chi connectivity index (χ4v) is 2.24. The van der Waals surface area contributed by atoms with Crippen molar-refractivity contribution in [3.63, 3.8) is 0 Å². The number of hydrogen-bond donors (Lipinski definition) is 0. The number of carbonyl (C=O) groups is 1. The maximum atomic E-state index is 11.5. The molecular weight excluding hydrogens is 190 g/mol. The average Bonchev–Trinajstić information content (AvgIpc) is 2.72. The highest BCUT2D eigenvalue weighted by Crippen LogP contribution is 2.24. The Bertz CT molecular complexity index is 204. The Labute approximate surface area is 83.0 Å². The fourth-order valence-electron chi connectivity index (χ4n) is 2.03. The quantitative estimate of drug-likeness (QED) is 0.624. The summed E-state index contributed by atoms with van der Waals surface area (Å²) in [6.07, 6.45) is 1.61. The van der Waals surface area contributed by atoms with Gasteiger partial charge in [0.2, 0.25) is 5.91 Å². The molecule has 0 bridgehead atoms. The van der Waals surface area contributed by atoms with Gasteiger partial charge in [-0.15, -0.1) is 11.6 Å². The molecule has 0 N–H and O–H groups in total. The second-order valence-electron chi connectivity index (χ2n) is 3.79. The zero-order valence-electron chi connectivity index (χ0n) is 7.54. The second-order valence-corrected chi connectivity index (χ2v) is 4.10. The standard InChI is InChI=1S/C9H14ClNO2/c10-4-7-3-9(12)11(5-7)8-1-2-13-6-8/h7-8H,1-6H2/t7?,8-/m1/s1. The Morgan fingerprint density at radius 2 is 2.46 bits per heavy atom. The molecule has 1 unspecified atom stereocenters. The summed E-state index contributed by atoms with van der Waals surface area (Å²) in [7, 11) is 0. The number of likely N-dealkylation sites (tertiary alicyclic amines) is 1. The van der Waals surface area contributed by atoms with E-state index >= 15 is 0 Å². The molecule has 0 aromatic heterocycles. The number of rotatable bonds is 2. The van der Waals surface area contributed by atoms with Crippen molar-refractivity contribution in [1.29, 1.82) is 0 Å². The third-order valence-corrected chi connectivity index (χ3v) is 3.24. The molecule has 0 spiro atoms. The predicted molar refractivity (Wildman–Crippen MR) is 49.8 cm³/mol. The van der Waals surface area contributed by atoms with E-state index in [0.29, 0.717) is 30.9 Å². The first-order valence-corrected chi connectivity index (χ1v) is 5.28. The Hall–Kier alpha value is -0.280. The first kappa shape index (κ1) is 9.28. The molecule has 2 aliphatic rings. The summed E-state index contributed by atoms with van der Waals surface area (Å²) >= 11 is 5.73. The number of amides is 1. The van der Waals surface area contributed by atoms with Crippen LogP contribution in [-0.4, -0.2) is 42.5 Å². The van der Waals surface area contributed by atoms with Gasteiger partial charge in [0.25, 0.3) is 0 Å². The molecule has 0 aliphatic carbocycles. The molecule has 0 radical (unpaired) electrons. The normalized spacial score (nSPS) is 34.5. The van der Waals surface area contributed by atoms with Gasteiger partial charge in [-0.05, 0) is 12.3 Å². The van der Waals surface area contributed by atoms with E-state index < -0.39 is 0 Å². The molecule has 0 aromatic carbocycles. The Kier molecular flexibility index (Phi) is 2.74. The fraction of sp³-hybridized carbons (Fsp3) is 0.889. The summed E-state index contributed by atoms with van der Waals surface area (Å²) < 4.78 is 5.26. The van der Waals surface area contributed by atoms with E-state index in [-0.39, 0.29) is 5.91 Å². The first-order valence-electron chi connectivity index (χ1n) is 4.74. The molecule has 0 saturated carbocycles. The molecular formula is C9H14ClNO2. The van der Waals surface area contributed by atoms with Crippen LogP contribution in [0.15, 0.2) is 0 Å². The zero-order chi connectivity index (χ0) is 9.26. The van der Waals surface area contributed by atoms with Crippen LogP contribution in [0.3, 0.4) is 0 Å². The Morgan fingerprint density at radius 1 is 1.62 bits per heavy atom. The van der Waals surface area contributed by atoms with Crippen LogP contribution in [0.5, 0.6) is 0 Å². The van der Waals surface area contributed by atoms with E-state index in [9.17, 15) is 4.79 Å². The Morgan fingerprint density at radius 3 is 3.00 bits per heavy atom. The zero-order valence-corrected chi connectivity index (χ0v) is 8.29. The van der Waals surface area contributed by atoms with Crippen molar-refractivity contribution in [2.45, 2.75) is 18.9 Å². The van der Waals surface area contributed by atoms with Gasteiger partial charge in [-0.25, -0.2) is 0 Å². The van der Waals surface area contributed by atoms with Crippen molar-refractivity contribution >= 4 is 17.5 Å². The van der Waals surface area contributed by atoms with Crippen LogP contribution in [0.1, 0.15) is 12.8 Å². The monoisotopic (exact) mass is 203 g/mol. The molecule has 2 fully saturated rings. The topological polar surface area (TPSA) is 29.5 Å². The molecule has 2 aliphatic heterocycles. The molecule has 13 heavy (non-hydrogen) atoms. The molecule has 4 heteroatoms. The predicted octanol–water partition coefficient (Wildman–Crippen LogP) is 0.863. The molecule has 1 amide bonds. The van der Waals surface area contributed by atoms with E-state index in [4.69, 9.17) is 16.3 Å². The molecule has 74 valence electrons. The molecule has 2 saturated heterocycles. The molecule has 2 rings (SSSR count). The summed E-state index contributed by atoms with van der Waals surface area (Å²) in [5, 5.41) is 0. The van der Waals surface area contributed by atoms with E-state index in [1.807, 2.05) is 4.90 Å². The summed E-state index contributed by atoms with van der Waals surface area (Å²) in [6, 6.07) is 0.320. The van der Waals surface area contributed by atoms with Crippen molar-refractivity contribution in [3.8, 4) is 0 Å². The maximum Gasteiger partial charge on any atom is 0.223 e. The minimum absolute atomic E-state index is 0.251. The van der Waals surface area contributed by atoms with Crippen molar-refractivity contribution in [1.82, 2.24) is 4.90 Å². The highest BCUT2D eigenvalue weighted by molar-refractivity contribution is 6.18. The first-order chi connectivity index (χ1) is 6.31. The maximum absolute atomic E-state index is 11.5. The van der Waals surface area contributed by atoms with E-state index in [1.165, 1.54) is 0 Å². The number of nitrogens with zero attached hydrogens (tertiary/aromatic N) is 1. The molecule has 3 nitrogen and oxygen atoms in total. The van der Waals surface area contributed by atoms with Gasteiger partial charge in [0.05, 0.1) is 12.6 Å². The van der Waals surface area contributed by atoms with Crippen LogP contribution < -0.4 is 0 Å². The highest BCUT2D eigenvalue weighted by Gasteiger charge is 2.35. The van der Waals surface area contributed by atoms with Crippen molar-refractivity contribution in [2.75, 3.05) is 25.6 Å². The second kappa shape index (κ2) is 3.84. The number of hydrogen-bond acceptors (Lipinski definition) is 2. The lowest BCUT2D eigenvalue weighted by atomic mass is 10.1. The summed E-state index contributed by atoms with van der Waals surface area (Å²) in [4.78, 5) is 13.5. The molecule has 2 heterocycles. The van der Waals surface area contributed by atoms with Crippen molar-refractivity contribution in [2.24, 2.45) is 5.92 Å². The van der Waals surface area contributed by atoms with Crippen LogP contribution >= 0.6 is 11.6 Å². The molecule has 2 atom stereocenters. The summed E-state index contributed by atoms with van der Waals surface area (Å²) in [5.74, 6) is 1.20. The van der Waals surface area contributed by atoms with Crippen molar-refractivity contribution < 1.29 is 9.53 Å². The SMILES string of the molecule is O=C1CC(CCl)CN1[C@@H]1CCOC1. The van der Waals surface area contributed by atoms with E-state index in [2.05, 4.69) is 0 Å². The highest BCUT2D eigenvalue weighted by atomic mass is 35.5. The largest absolute Gasteiger partial charge is 0.379 e. The third kappa shape index (κ3) is 1.81. The number of halogens is 1. The van der Waals surface area contributed by atoms with Crippen LogP contribution in [0.4, 0.5) is 0 Å². The van der Waals surface area contributed by atoms with Crippen LogP contribution in [0, 0.1) is 5.92 Å². The van der Waals surface area contributed by atoms with Gasteiger partial charge >= 0.3 is 0 Å². The van der Waals surface area contributed by atoms with Gasteiger partial charge < -0.3 is 9.64 Å². The van der Waals surface area contributed by atoms with Gasteiger partial charge in [-0.1, -0.05) is 0 Å². The third-order valence-electron chi connectivity index (χ3n) is 2.80. The number of carbonyl (C=O) groups excluding carboxylic acids is 1. The number of ether oxygens (including phenoxy) is 1. The Balaban J connectivity index is 1.95. The van der Waals surface area contributed by atoms with Crippen molar-refractivity contribution in [3.05, 3.63) is 0 Å². The lowest BCUT2D eigenvalue weighted by Gasteiger charge is -2.22. The van der Waals surface area contributed by atoms with E-state index in [0.717, 1.165) is 19.6 Å². The van der Waals surface area contributed by atoms with E-state index in [1.54, 1.807) is 0 Å². The number of alkyl halides is 1. The lowest BCUT2D eigenvalue weighted by molar-refractivity contribution is -0.129. The smallest absolute Gasteiger partial charge is 0.223 e. The average molecular weight is 204 g/mol.